The molecule has 0 saturated heterocycles. The molecule has 31 heavy (non-hydrogen) atoms. The maximum Gasteiger partial charge on any atom is 0.315 e. The smallest absolute Gasteiger partial charge is 0.315 e. The van der Waals surface area contributed by atoms with Crippen LogP contribution in [0, 0.1) is 0 Å². The summed E-state index contributed by atoms with van der Waals surface area (Å²) in [6, 6.07) is 25.5. The highest BCUT2D eigenvalue weighted by molar-refractivity contribution is 5.97. The summed E-state index contributed by atoms with van der Waals surface area (Å²) >= 11 is 0. The van der Waals surface area contributed by atoms with Gasteiger partial charge in [-0.3, -0.25) is 9.59 Å². The van der Waals surface area contributed by atoms with E-state index in [4.69, 9.17) is 4.74 Å². The molecule has 0 aromatic heterocycles. The Morgan fingerprint density at radius 3 is 2.19 bits per heavy atom. The van der Waals surface area contributed by atoms with E-state index in [1.807, 2.05) is 87.5 Å². The number of Topliss-reactive ketones (excluding diaryl/α,β-unsaturated/α-hetero) is 1. The van der Waals surface area contributed by atoms with E-state index in [0.717, 1.165) is 22.3 Å². The molecule has 0 bridgehead atoms. The van der Waals surface area contributed by atoms with E-state index in [9.17, 15) is 9.59 Å². The highest BCUT2D eigenvalue weighted by Crippen LogP contribution is 2.29. The van der Waals surface area contributed by atoms with Gasteiger partial charge in [0.2, 0.25) is 0 Å². The molecule has 160 valence electrons. The number of esters is 1. The van der Waals surface area contributed by atoms with Crippen LogP contribution in [0.2, 0.25) is 0 Å². The molecule has 4 heteroatoms. The van der Waals surface area contributed by atoms with Gasteiger partial charge in [0.15, 0.2) is 5.78 Å². The third-order valence-electron chi connectivity index (χ3n) is 5.42. The summed E-state index contributed by atoms with van der Waals surface area (Å²) in [6.07, 6.45) is 0. The zero-order valence-electron chi connectivity index (χ0n) is 18.4. The van der Waals surface area contributed by atoms with Gasteiger partial charge in [-0.1, -0.05) is 78.9 Å². The van der Waals surface area contributed by atoms with Crippen LogP contribution in [0.3, 0.4) is 0 Å². The molecule has 0 unspecified atom stereocenters. The fourth-order valence-corrected chi connectivity index (χ4v) is 3.49. The molecule has 0 amide bonds. The Labute approximate surface area is 184 Å². The highest BCUT2D eigenvalue weighted by atomic mass is 16.5. The molecule has 0 saturated carbocycles. The Bertz CT molecular complexity index is 1020. The average Bonchev–Trinajstić information content (AvgIpc) is 2.80. The molecule has 0 radical (unpaired) electrons. The molecule has 0 aliphatic heterocycles. The van der Waals surface area contributed by atoms with Crippen molar-refractivity contribution in [2.45, 2.75) is 32.7 Å². The summed E-state index contributed by atoms with van der Waals surface area (Å²) in [4.78, 5) is 24.6. The SMILES string of the molecule is CCOC(=O)C(C)(C)c1ccc(-c2ccccc2CNCC(=O)c2ccccc2)cc1. The molecule has 3 aromatic carbocycles. The number of ketones is 1. The molecular formula is C27H29NO3. The number of carbonyl (C=O) groups is 2. The van der Waals surface area contributed by atoms with Crippen molar-refractivity contribution in [1.82, 2.24) is 5.32 Å². The lowest BCUT2D eigenvalue weighted by molar-refractivity contribution is -0.148. The fourth-order valence-electron chi connectivity index (χ4n) is 3.49. The Hall–Kier alpha value is -3.24. The van der Waals surface area contributed by atoms with Crippen molar-refractivity contribution in [2.24, 2.45) is 0 Å². The van der Waals surface area contributed by atoms with Crippen molar-refractivity contribution in [3.05, 3.63) is 95.6 Å². The van der Waals surface area contributed by atoms with Gasteiger partial charge in [0, 0.05) is 12.1 Å². The number of hydrogen-bond acceptors (Lipinski definition) is 4. The van der Waals surface area contributed by atoms with E-state index in [1.54, 1.807) is 0 Å². The maximum atomic E-state index is 12.3. The van der Waals surface area contributed by atoms with Crippen molar-refractivity contribution >= 4 is 11.8 Å². The lowest BCUT2D eigenvalue weighted by Gasteiger charge is -2.23. The van der Waals surface area contributed by atoms with E-state index < -0.39 is 5.41 Å². The first-order valence-electron chi connectivity index (χ1n) is 10.6. The third kappa shape index (κ3) is 5.47. The van der Waals surface area contributed by atoms with Crippen molar-refractivity contribution in [2.75, 3.05) is 13.2 Å². The van der Waals surface area contributed by atoms with E-state index in [2.05, 4.69) is 17.4 Å². The quantitative estimate of drug-likeness (QED) is 0.387. The molecule has 0 aliphatic carbocycles. The third-order valence-corrected chi connectivity index (χ3v) is 5.42. The molecule has 1 N–H and O–H groups in total. The molecule has 0 heterocycles. The van der Waals surface area contributed by atoms with Crippen LogP contribution in [0.1, 0.15) is 42.3 Å². The number of ether oxygens (including phenoxy) is 1. The average molecular weight is 416 g/mol. The van der Waals surface area contributed by atoms with Crippen molar-refractivity contribution in [1.29, 1.82) is 0 Å². The van der Waals surface area contributed by atoms with Crippen molar-refractivity contribution in [3.8, 4) is 11.1 Å². The normalized spacial score (nSPS) is 11.2. The van der Waals surface area contributed by atoms with Gasteiger partial charge in [-0.15, -0.1) is 0 Å². The second-order valence-electron chi connectivity index (χ2n) is 7.97. The van der Waals surface area contributed by atoms with Gasteiger partial charge in [0.25, 0.3) is 0 Å². The minimum atomic E-state index is -0.701. The fraction of sp³-hybridized carbons (Fsp3) is 0.259. The standard InChI is InChI=1S/C27H29NO3/c1-4-31-26(30)27(2,3)23-16-14-20(15-17-23)24-13-9-8-12-22(24)18-28-19-25(29)21-10-6-5-7-11-21/h5-17,28H,4,18-19H2,1-3H3. The molecule has 0 aliphatic rings. The summed E-state index contributed by atoms with van der Waals surface area (Å²) < 4.78 is 5.22. The van der Waals surface area contributed by atoms with Gasteiger partial charge in [0.1, 0.15) is 0 Å². The van der Waals surface area contributed by atoms with Crippen LogP contribution in [0.25, 0.3) is 11.1 Å². The van der Waals surface area contributed by atoms with Crippen LogP contribution in [0.4, 0.5) is 0 Å². The van der Waals surface area contributed by atoms with E-state index in [1.165, 1.54) is 0 Å². The summed E-state index contributed by atoms with van der Waals surface area (Å²) in [6.45, 7) is 6.81. The number of hydrogen-bond donors (Lipinski definition) is 1. The van der Waals surface area contributed by atoms with Crippen molar-refractivity contribution in [3.63, 3.8) is 0 Å². The van der Waals surface area contributed by atoms with Crippen LogP contribution in [-0.2, 0) is 21.5 Å². The van der Waals surface area contributed by atoms with Gasteiger partial charge in [-0.05, 0) is 43.0 Å². The molecule has 4 nitrogen and oxygen atoms in total. The largest absolute Gasteiger partial charge is 0.465 e. The van der Waals surface area contributed by atoms with Gasteiger partial charge in [0.05, 0.1) is 18.6 Å². The molecule has 0 fully saturated rings. The van der Waals surface area contributed by atoms with Gasteiger partial charge < -0.3 is 10.1 Å². The number of carbonyl (C=O) groups excluding carboxylic acids is 2. The number of nitrogens with one attached hydrogen (secondary N) is 1. The zero-order chi connectivity index (χ0) is 22.3. The predicted molar refractivity (Wildman–Crippen MR) is 124 cm³/mol. The number of benzene rings is 3. The summed E-state index contributed by atoms with van der Waals surface area (Å²) in [7, 11) is 0. The van der Waals surface area contributed by atoms with E-state index >= 15 is 0 Å². The lowest BCUT2D eigenvalue weighted by Crippen LogP contribution is -2.31. The monoisotopic (exact) mass is 415 g/mol. The van der Waals surface area contributed by atoms with Gasteiger partial charge >= 0.3 is 5.97 Å². The molecule has 0 atom stereocenters. The second-order valence-corrected chi connectivity index (χ2v) is 7.97. The maximum absolute atomic E-state index is 12.3. The van der Waals surface area contributed by atoms with E-state index in [-0.39, 0.29) is 18.3 Å². The zero-order valence-corrected chi connectivity index (χ0v) is 18.4. The Kier molecular flexibility index (Phi) is 7.37. The summed E-state index contributed by atoms with van der Waals surface area (Å²) in [5.74, 6) is -0.154. The first kappa shape index (κ1) is 22.4. The Morgan fingerprint density at radius 2 is 1.52 bits per heavy atom. The van der Waals surface area contributed by atoms with Gasteiger partial charge in [-0.25, -0.2) is 0 Å². The predicted octanol–water partition coefficient (Wildman–Crippen LogP) is 5.17. The topological polar surface area (TPSA) is 55.4 Å². The molecular weight excluding hydrogens is 386 g/mol. The Balaban J connectivity index is 1.71. The second kappa shape index (κ2) is 10.2. The first-order chi connectivity index (χ1) is 14.9. The number of rotatable bonds is 9. The van der Waals surface area contributed by atoms with Crippen LogP contribution < -0.4 is 5.32 Å². The molecule has 3 aromatic rings. The minimum absolute atomic E-state index is 0.0728. The minimum Gasteiger partial charge on any atom is -0.465 e. The summed E-state index contributed by atoms with van der Waals surface area (Å²) in [5, 5.41) is 3.26. The Morgan fingerprint density at radius 1 is 0.871 bits per heavy atom. The van der Waals surface area contributed by atoms with Crippen LogP contribution >= 0.6 is 0 Å². The van der Waals surface area contributed by atoms with Gasteiger partial charge in [-0.2, -0.15) is 0 Å². The lowest BCUT2D eigenvalue weighted by atomic mass is 9.84. The highest BCUT2D eigenvalue weighted by Gasteiger charge is 2.31. The van der Waals surface area contributed by atoms with Crippen LogP contribution in [0.15, 0.2) is 78.9 Å². The van der Waals surface area contributed by atoms with Crippen molar-refractivity contribution < 1.29 is 14.3 Å². The summed E-state index contributed by atoms with van der Waals surface area (Å²) in [5.41, 5.74) is 4.20. The van der Waals surface area contributed by atoms with Crippen LogP contribution in [-0.4, -0.2) is 24.9 Å². The molecule has 3 rings (SSSR count). The first-order valence-corrected chi connectivity index (χ1v) is 10.6. The van der Waals surface area contributed by atoms with E-state index in [0.29, 0.717) is 18.7 Å². The van der Waals surface area contributed by atoms with Crippen LogP contribution in [0.5, 0.6) is 0 Å². The molecule has 0 spiro atoms.